The van der Waals surface area contributed by atoms with Crippen molar-refractivity contribution in [1.82, 2.24) is 0 Å². The van der Waals surface area contributed by atoms with Gasteiger partial charge >= 0.3 is 0 Å². The third-order valence-electron chi connectivity index (χ3n) is 1.43. The zero-order valence-electron chi connectivity index (χ0n) is 7.90. The molecule has 0 aliphatic heterocycles. The topological polar surface area (TPSA) is 9.23 Å². The van der Waals surface area contributed by atoms with Crippen LogP contribution in [0.4, 0.5) is 0 Å². The molecule has 0 aliphatic rings. The molecule has 0 aromatic carbocycles. The molecule has 62 valence electrons. The van der Waals surface area contributed by atoms with E-state index >= 15 is 0 Å². The second-order valence-electron chi connectivity index (χ2n) is 3.67. The molecule has 0 rings (SSSR count). The van der Waals surface area contributed by atoms with Crippen molar-refractivity contribution in [3.63, 3.8) is 0 Å². The molecule has 10 heavy (non-hydrogen) atoms. The Hall–Kier alpha value is -0.0400. The van der Waals surface area contributed by atoms with Crippen molar-refractivity contribution in [3.05, 3.63) is 0 Å². The zero-order chi connectivity index (χ0) is 8.20. The second kappa shape index (κ2) is 3.97. The van der Waals surface area contributed by atoms with Crippen LogP contribution in [0.5, 0.6) is 0 Å². The summed E-state index contributed by atoms with van der Waals surface area (Å²) in [7, 11) is 0. The van der Waals surface area contributed by atoms with Crippen LogP contribution >= 0.6 is 0 Å². The molecular weight excluding hydrogens is 124 g/mol. The van der Waals surface area contributed by atoms with Gasteiger partial charge in [-0.25, -0.2) is 0 Å². The Morgan fingerprint density at radius 2 is 1.50 bits per heavy atom. The first-order valence-electron chi connectivity index (χ1n) is 4.17. The van der Waals surface area contributed by atoms with Gasteiger partial charge in [-0.1, -0.05) is 13.8 Å². The predicted octanol–water partition coefficient (Wildman–Crippen LogP) is 2.99. The molecule has 1 heteroatoms. The van der Waals surface area contributed by atoms with Crippen molar-refractivity contribution in [1.29, 1.82) is 0 Å². The summed E-state index contributed by atoms with van der Waals surface area (Å²) in [6.45, 7) is 10.6. The fourth-order valence-corrected chi connectivity index (χ4v) is 0.955. The molecule has 0 unspecified atom stereocenters. The van der Waals surface area contributed by atoms with Crippen molar-refractivity contribution in [3.8, 4) is 0 Å². The first-order chi connectivity index (χ1) is 4.49. The SMILES string of the molecule is CCC(CC)OC(C)(C)C. The minimum Gasteiger partial charge on any atom is -0.373 e. The molecule has 0 saturated carbocycles. The molecule has 0 saturated heterocycles. The lowest BCUT2D eigenvalue weighted by molar-refractivity contribution is -0.0621. The first-order valence-corrected chi connectivity index (χ1v) is 4.17. The maximum absolute atomic E-state index is 5.74. The predicted molar refractivity (Wildman–Crippen MR) is 45.2 cm³/mol. The summed E-state index contributed by atoms with van der Waals surface area (Å²) >= 11 is 0. The van der Waals surface area contributed by atoms with Gasteiger partial charge < -0.3 is 4.74 Å². The van der Waals surface area contributed by atoms with Gasteiger partial charge in [0.05, 0.1) is 11.7 Å². The quantitative estimate of drug-likeness (QED) is 0.591. The largest absolute Gasteiger partial charge is 0.373 e. The van der Waals surface area contributed by atoms with Gasteiger partial charge in [0, 0.05) is 0 Å². The smallest absolute Gasteiger partial charge is 0.0602 e. The van der Waals surface area contributed by atoms with Crippen LogP contribution in [-0.4, -0.2) is 11.7 Å². The van der Waals surface area contributed by atoms with E-state index in [0.29, 0.717) is 6.10 Å². The molecule has 0 spiro atoms. The third-order valence-corrected chi connectivity index (χ3v) is 1.43. The zero-order valence-corrected chi connectivity index (χ0v) is 7.90. The van der Waals surface area contributed by atoms with Gasteiger partial charge in [0.15, 0.2) is 0 Å². The van der Waals surface area contributed by atoms with Crippen LogP contribution in [0.3, 0.4) is 0 Å². The minimum atomic E-state index is 0.0245. The molecule has 0 heterocycles. The summed E-state index contributed by atoms with van der Waals surface area (Å²) in [5.41, 5.74) is 0.0245. The molecule has 0 aliphatic carbocycles. The van der Waals surface area contributed by atoms with E-state index in [2.05, 4.69) is 34.6 Å². The Balaban J connectivity index is 3.63. The second-order valence-corrected chi connectivity index (χ2v) is 3.67. The molecular formula is C9H20O. The summed E-state index contributed by atoms with van der Waals surface area (Å²) in [6, 6.07) is 0. The Morgan fingerprint density at radius 1 is 1.10 bits per heavy atom. The highest BCUT2D eigenvalue weighted by Crippen LogP contribution is 2.14. The van der Waals surface area contributed by atoms with Crippen LogP contribution < -0.4 is 0 Å². The molecule has 0 fully saturated rings. The Labute approximate surface area is 64.8 Å². The molecule has 0 aromatic rings. The highest BCUT2D eigenvalue weighted by Gasteiger charge is 2.15. The monoisotopic (exact) mass is 144 g/mol. The van der Waals surface area contributed by atoms with E-state index < -0.39 is 0 Å². The van der Waals surface area contributed by atoms with E-state index in [9.17, 15) is 0 Å². The highest BCUT2D eigenvalue weighted by molar-refractivity contribution is 4.63. The Morgan fingerprint density at radius 3 is 1.60 bits per heavy atom. The highest BCUT2D eigenvalue weighted by atomic mass is 16.5. The normalized spacial score (nSPS) is 12.6. The van der Waals surface area contributed by atoms with Gasteiger partial charge in [-0.2, -0.15) is 0 Å². The van der Waals surface area contributed by atoms with Crippen molar-refractivity contribution < 1.29 is 4.74 Å². The van der Waals surface area contributed by atoms with E-state index in [-0.39, 0.29) is 5.60 Å². The van der Waals surface area contributed by atoms with Crippen LogP contribution in [0.2, 0.25) is 0 Å². The van der Waals surface area contributed by atoms with Gasteiger partial charge in [0.1, 0.15) is 0 Å². The summed E-state index contributed by atoms with van der Waals surface area (Å²) < 4.78 is 5.74. The fraction of sp³-hybridized carbons (Fsp3) is 1.00. The van der Waals surface area contributed by atoms with Crippen LogP contribution in [0, 0.1) is 0 Å². The van der Waals surface area contributed by atoms with Gasteiger partial charge in [-0.15, -0.1) is 0 Å². The molecule has 0 atom stereocenters. The number of hydrogen-bond donors (Lipinski definition) is 0. The van der Waals surface area contributed by atoms with Crippen LogP contribution in [0.15, 0.2) is 0 Å². The fourth-order valence-electron chi connectivity index (χ4n) is 0.955. The number of ether oxygens (including phenoxy) is 1. The molecule has 0 amide bonds. The van der Waals surface area contributed by atoms with E-state index in [1.54, 1.807) is 0 Å². The van der Waals surface area contributed by atoms with Gasteiger partial charge in [-0.3, -0.25) is 0 Å². The van der Waals surface area contributed by atoms with Gasteiger partial charge in [-0.05, 0) is 33.6 Å². The van der Waals surface area contributed by atoms with E-state index in [1.807, 2.05) is 0 Å². The third kappa shape index (κ3) is 4.80. The Bertz CT molecular complexity index is 77.2. The summed E-state index contributed by atoms with van der Waals surface area (Å²) in [5, 5.41) is 0. The lowest BCUT2D eigenvalue weighted by Gasteiger charge is -2.25. The number of hydrogen-bond acceptors (Lipinski definition) is 1. The lowest BCUT2D eigenvalue weighted by atomic mass is 10.1. The molecule has 0 aromatic heterocycles. The first kappa shape index (κ1) is 9.96. The van der Waals surface area contributed by atoms with Gasteiger partial charge in [0.2, 0.25) is 0 Å². The van der Waals surface area contributed by atoms with E-state index in [0.717, 1.165) is 12.8 Å². The van der Waals surface area contributed by atoms with Crippen molar-refractivity contribution in [2.24, 2.45) is 0 Å². The van der Waals surface area contributed by atoms with Crippen LogP contribution in [0.1, 0.15) is 47.5 Å². The molecule has 0 radical (unpaired) electrons. The average Bonchev–Trinajstić information content (AvgIpc) is 1.81. The maximum Gasteiger partial charge on any atom is 0.0602 e. The van der Waals surface area contributed by atoms with E-state index in [4.69, 9.17) is 4.74 Å². The van der Waals surface area contributed by atoms with Crippen molar-refractivity contribution in [2.75, 3.05) is 0 Å². The van der Waals surface area contributed by atoms with Crippen molar-refractivity contribution >= 4 is 0 Å². The molecule has 0 bridgehead atoms. The summed E-state index contributed by atoms with van der Waals surface area (Å²) in [4.78, 5) is 0. The number of rotatable bonds is 3. The Kier molecular flexibility index (Phi) is 3.95. The average molecular weight is 144 g/mol. The van der Waals surface area contributed by atoms with Crippen LogP contribution in [0.25, 0.3) is 0 Å². The summed E-state index contributed by atoms with van der Waals surface area (Å²) in [6.07, 6.45) is 2.68. The maximum atomic E-state index is 5.74. The minimum absolute atomic E-state index is 0.0245. The van der Waals surface area contributed by atoms with Crippen molar-refractivity contribution in [2.45, 2.75) is 59.2 Å². The standard InChI is InChI=1S/C9H20O/c1-6-8(7-2)10-9(3,4)5/h8H,6-7H2,1-5H3. The lowest BCUT2D eigenvalue weighted by Crippen LogP contribution is -2.26. The molecule has 1 nitrogen and oxygen atoms in total. The molecule has 0 N–H and O–H groups in total. The van der Waals surface area contributed by atoms with Crippen LogP contribution in [-0.2, 0) is 4.74 Å². The van der Waals surface area contributed by atoms with Gasteiger partial charge in [0.25, 0.3) is 0 Å². The summed E-state index contributed by atoms with van der Waals surface area (Å²) in [5.74, 6) is 0. The van der Waals surface area contributed by atoms with E-state index in [1.165, 1.54) is 0 Å².